The van der Waals surface area contributed by atoms with Gasteiger partial charge in [0, 0.05) is 23.2 Å². The second-order valence-electron chi connectivity index (χ2n) is 7.37. The van der Waals surface area contributed by atoms with Gasteiger partial charge in [-0.1, -0.05) is 24.1 Å². The molecule has 1 aliphatic rings. The molecule has 3 rings (SSSR count). The van der Waals surface area contributed by atoms with Gasteiger partial charge in [0.25, 0.3) is 5.91 Å². The van der Waals surface area contributed by atoms with Crippen molar-refractivity contribution in [2.45, 2.75) is 44.0 Å². The Kier molecular flexibility index (Phi) is 6.90. The van der Waals surface area contributed by atoms with Gasteiger partial charge in [-0.2, -0.15) is 4.31 Å². The lowest BCUT2D eigenvalue weighted by atomic mass is 10.1. The fraction of sp³-hybridized carbons (Fsp3) is 0.381. The fourth-order valence-corrected chi connectivity index (χ4v) is 5.51. The van der Waals surface area contributed by atoms with Gasteiger partial charge in [0.15, 0.2) is 0 Å². The first kappa shape index (κ1) is 22.4. The number of anilines is 1. The molecule has 1 atom stereocenters. The maximum Gasteiger partial charge on any atom is 0.269 e. The smallest absolute Gasteiger partial charge is 0.269 e. The molecule has 0 bridgehead atoms. The molecule has 162 valence electrons. The second kappa shape index (κ2) is 9.24. The van der Waals surface area contributed by atoms with Crippen molar-refractivity contribution in [2.24, 2.45) is 0 Å². The van der Waals surface area contributed by atoms with E-state index in [1.807, 2.05) is 19.9 Å². The number of halogens is 1. The van der Waals surface area contributed by atoms with E-state index in [2.05, 4.69) is 10.9 Å². The number of ether oxygens (including phenoxy) is 1. The van der Waals surface area contributed by atoms with Gasteiger partial charge in [0.1, 0.15) is 10.6 Å². The minimum Gasteiger partial charge on any atom is -0.495 e. The summed E-state index contributed by atoms with van der Waals surface area (Å²) in [5.41, 5.74) is 7.10. The van der Waals surface area contributed by atoms with Crippen LogP contribution in [-0.4, -0.2) is 38.3 Å². The summed E-state index contributed by atoms with van der Waals surface area (Å²) in [6, 6.07) is 9.58. The Morgan fingerprint density at radius 1 is 1.20 bits per heavy atom. The molecule has 0 spiro atoms. The van der Waals surface area contributed by atoms with Crippen molar-refractivity contribution in [1.29, 1.82) is 0 Å². The Labute approximate surface area is 182 Å². The van der Waals surface area contributed by atoms with Crippen molar-refractivity contribution < 1.29 is 17.9 Å². The van der Waals surface area contributed by atoms with E-state index in [9.17, 15) is 13.2 Å². The van der Waals surface area contributed by atoms with E-state index < -0.39 is 15.9 Å². The standard InChI is InChI=1S/C21H26ClN3O4S/c1-14-7-9-17(13-18(14)22)23-24-21(26)16-8-10-19(29-3)20(12-16)30(27,28)25-11-5-4-6-15(25)2/h7-10,12-13,15,23H,4-6,11H2,1-3H3,(H,24,26)/t15-/m0/s1. The minimum atomic E-state index is -3.80. The molecule has 1 saturated heterocycles. The van der Waals surface area contributed by atoms with Gasteiger partial charge in [0.2, 0.25) is 10.0 Å². The van der Waals surface area contributed by atoms with Crippen LogP contribution in [0.15, 0.2) is 41.3 Å². The summed E-state index contributed by atoms with van der Waals surface area (Å²) in [5.74, 6) is -0.264. The van der Waals surface area contributed by atoms with Gasteiger partial charge < -0.3 is 4.74 Å². The van der Waals surface area contributed by atoms with Gasteiger partial charge in [0.05, 0.1) is 12.8 Å². The third-order valence-corrected chi connectivity index (χ3v) is 7.69. The van der Waals surface area contributed by atoms with Gasteiger partial charge in [-0.05, 0) is 62.6 Å². The number of hydrogen-bond acceptors (Lipinski definition) is 5. The molecule has 0 radical (unpaired) electrons. The number of methoxy groups -OCH3 is 1. The van der Waals surface area contributed by atoms with Crippen molar-refractivity contribution in [1.82, 2.24) is 9.73 Å². The van der Waals surface area contributed by atoms with Crippen LogP contribution in [0, 0.1) is 6.92 Å². The number of hydrogen-bond donors (Lipinski definition) is 2. The minimum absolute atomic E-state index is 0.00946. The molecule has 0 aliphatic carbocycles. The number of amides is 1. The molecule has 7 nitrogen and oxygen atoms in total. The number of piperidine rings is 1. The molecular weight excluding hydrogens is 426 g/mol. The van der Waals surface area contributed by atoms with Crippen LogP contribution in [0.5, 0.6) is 5.75 Å². The molecule has 0 aromatic heterocycles. The van der Waals surface area contributed by atoms with Crippen molar-refractivity contribution in [3.63, 3.8) is 0 Å². The predicted octanol–water partition coefficient (Wildman–Crippen LogP) is 3.98. The maximum absolute atomic E-state index is 13.3. The topological polar surface area (TPSA) is 87.7 Å². The summed E-state index contributed by atoms with van der Waals surface area (Å²) < 4.78 is 33.3. The van der Waals surface area contributed by atoms with Gasteiger partial charge in [-0.3, -0.25) is 15.6 Å². The first-order valence-electron chi connectivity index (χ1n) is 9.76. The number of nitrogens with one attached hydrogen (secondary N) is 2. The average molecular weight is 452 g/mol. The third kappa shape index (κ3) is 4.71. The van der Waals surface area contributed by atoms with Crippen LogP contribution in [0.25, 0.3) is 0 Å². The second-order valence-corrected chi connectivity index (χ2v) is 9.64. The monoisotopic (exact) mass is 451 g/mol. The average Bonchev–Trinajstić information content (AvgIpc) is 2.74. The number of sulfonamides is 1. The molecule has 30 heavy (non-hydrogen) atoms. The lowest BCUT2D eigenvalue weighted by Gasteiger charge is -2.32. The van der Waals surface area contributed by atoms with Crippen LogP contribution in [0.2, 0.25) is 5.02 Å². The zero-order valence-corrected chi connectivity index (χ0v) is 18.8. The van der Waals surface area contributed by atoms with Gasteiger partial charge in [-0.15, -0.1) is 0 Å². The lowest BCUT2D eigenvalue weighted by Crippen LogP contribution is -2.42. The first-order chi connectivity index (χ1) is 14.2. The van der Waals surface area contributed by atoms with Crippen molar-refractivity contribution >= 4 is 33.2 Å². The van der Waals surface area contributed by atoms with Crippen molar-refractivity contribution in [3.05, 3.63) is 52.5 Å². The van der Waals surface area contributed by atoms with Crippen LogP contribution in [-0.2, 0) is 10.0 Å². The number of carbonyl (C=O) groups excluding carboxylic acids is 1. The number of rotatable bonds is 6. The molecule has 2 aromatic rings. The highest BCUT2D eigenvalue weighted by Crippen LogP contribution is 2.31. The Hall–Kier alpha value is -2.29. The molecule has 1 aliphatic heterocycles. The molecule has 0 unspecified atom stereocenters. The Bertz CT molecular complexity index is 1040. The zero-order chi connectivity index (χ0) is 21.9. The van der Waals surface area contributed by atoms with Gasteiger partial charge in [-0.25, -0.2) is 8.42 Å². The number of aryl methyl sites for hydroxylation is 1. The highest BCUT2D eigenvalue weighted by molar-refractivity contribution is 7.89. The van der Waals surface area contributed by atoms with Crippen LogP contribution in [0.3, 0.4) is 0 Å². The highest BCUT2D eigenvalue weighted by Gasteiger charge is 2.33. The van der Waals surface area contributed by atoms with E-state index in [1.165, 1.54) is 29.6 Å². The van der Waals surface area contributed by atoms with Crippen LogP contribution >= 0.6 is 11.6 Å². The summed E-state index contributed by atoms with van der Waals surface area (Å²) in [5, 5.41) is 0.572. The Morgan fingerprint density at radius 3 is 2.63 bits per heavy atom. The molecule has 1 heterocycles. The van der Waals surface area contributed by atoms with E-state index >= 15 is 0 Å². The van der Waals surface area contributed by atoms with E-state index in [0.717, 1.165) is 24.8 Å². The summed E-state index contributed by atoms with van der Waals surface area (Å²) in [6.07, 6.45) is 2.63. The molecule has 1 fully saturated rings. The number of carbonyl (C=O) groups is 1. The molecule has 0 saturated carbocycles. The highest BCUT2D eigenvalue weighted by atomic mass is 35.5. The summed E-state index contributed by atoms with van der Waals surface area (Å²) in [7, 11) is -2.38. The number of hydrazine groups is 1. The largest absolute Gasteiger partial charge is 0.495 e. The van der Waals surface area contributed by atoms with Crippen LogP contribution in [0.4, 0.5) is 5.69 Å². The number of benzene rings is 2. The quantitative estimate of drug-likeness (QED) is 0.648. The predicted molar refractivity (Wildman–Crippen MR) is 117 cm³/mol. The van der Waals surface area contributed by atoms with E-state index in [4.69, 9.17) is 16.3 Å². The Balaban J connectivity index is 1.84. The molecule has 9 heteroatoms. The summed E-state index contributed by atoms with van der Waals surface area (Å²) in [4.78, 5) is 12.6. The Morgan fingerprint density at radius 2 is 1.97 bits per heavy atom. The molecular formula is C21H26ClN3O4S. The van der Waals surface area contributed by atoms with E-state index in [0.29, 0.717) is 17.3 Å². The van der Waals surface area contributed by atoms with E-state index in [-0.39, 0.29) is 22.3 Å². The fourth-order valence-electron chi connectivity index (χ4n) is 3.45. The maximum atomic E-state index is 13.3. The number of nitrogens with zero attached hydrogens (tertiary/aromatic N) is 1. The summed E-state index contributed by atoms with van der Waals surface area (Å²) >= 11 is 6.10. The normalized spacial score (nSPS) is 17.4. The van der Waals surface area contributed by atoms with Crippen LogP contribution in [0.1, 0.15) is 42.1 Å². The zero-order valence-electron chi connectivity index (χ0n) is 17.2. The lowest BCUT2D eigenvalue weighted by molar-refractivity contribution is 0.0962. The summed E-state index contributed by atoms with van der Waals surface area (Å²) in [6.45, 7) is 4.24. The SMILES string of the molecule is COc1ccc(C(=O)NNc2ccc(C)c(Cl)c2)cc1S(=O)(=O)N1CCCC[C@@H]1C. The first-order valence-corrected chi connectivity index (χ1v) is 11.6. The van der Waals surface area contributed by atoms with E-state index in [1.54, 1.807) is 12.1 Å². The van der Waals surface area contributed by atoms with Crippen LogP contribution < -0.4 is 15.6 Å². The molecule has 1 amide bonds. The third-order valence-electron chi connectivity index (χ3n) is 5.25. The molecule has 2 N–H and O–H groups in total. The van der Waals surface area contributed by atoms with Crippen molar-refractivity contribution in [3.8, 4) is 5.75 Å². The van der Waals surface area contributed by atoms with Gasteiger partial charge >= 0.3 is 0 Å². The van der Waals surface area contributed by atoms with Crippen molar-refractivity contribution in [2.75, 3.05) is 19.1 Å². The molecule has 2 aromatic carbocycles.